The SMILES string of the molecule is COCC(NS(=O)(=O)c1ccc(CCCN)cc1)C(C)C. The molecule has 120 valence electrons. The fourth-order valence-corrected chi connectivity index (χ4v) is 3.32. The van der Waals surface area contributed by atoms with Crippen molar-refractivity contribution < 1.29 is 13.2 Å². The minimum Gasteiger partial charge on any atom is -0.383 e. The standard InChI is InChI=1S/C15H26N2O3S/c1-12(2)15(11-20-3)17-21(18,19)14-8-6-13(7-9-14)5-4-10-16/h6-9,12,15,17H,4-5,10-11,16H2,1-3H3. The van der Waals surface area contributed by atoms with Crippen molar-refractivity contribution in [1.82, 2.24) is 4.72 Å². The molecule has 0 saturated carbocycles. The van der Waals surface area contributed by atoms with E-state index in [1.165, 1.54) is 0 Å². The first-order valence-corrected chi connectivity index (χ1v) is 8.69. The molecule has 1 aromatic rings. The number of nitrogens with one attached hydrogen (secondary N) is 1. The molecule has 0 aromatic heterocycles. The van der Waals surface area contributed by atoms with Crippen molar-refractivity contribution in [2.45, 2.75) is 37.6 Å². The van der Waals surface area contributed by atoms with E-state index in [2.05, 4.69) is 4.72 Å². The quantitative estimate of drug-likeness (QED) is 0.724. The van der Waals surface area contributed by atoms with Crippen LogP contribution in [0.2, 0.25) is 0 Å². The molecule has 6 heteroatoms. The van der Waals surface area contributed by atoms with E-state index in [-0.39, 0.29) is 16.9 Å². The van der Waals surface area contributed by atoms with Gasteiger partial charge in [-0.15, -0.1) is 0 Å². The average molecular weight is 314 g/mol. The molecule has 0 radical (unpaired) electrons. The van der Waals surface area contributed by atoms with E-state index >= 15 is 0 Å². The predicted octanol–water partition coefficient (Wildman–Crippen LogP) is 1.53. The number of rotatable bonds is 9. The van der Waals surface area contributed by atoms with Gasteiger partial charge in [-0.05, 0) is 43.0 Å². The molecule has 1 unspecified atom stereocenters. The molecule has 0 fully saturated rings. The van der Waals surface area contributed by atoms with Crippen LogP contribution in [-0.4, -0.2) is 34.7 Å². The lowest BCUT2D eigenvalue weighted by Crippen LogP contribution is -2.41. The van der Waals surface area contributed by atoms with Gasteiger partial charge in [0.25, 0.3) is 0 Å². The molecule has 0 saturated heterocycles. The number of methoxy groups -OCH3 is 1. The molecule has 0 aliphatic rings. The first-order valence-electron chi connectivity index (χ1n) is 7.21. The Labute approximate surface area is 127 Å². The Morgan fingerprint density at radius 2 is 1.86 bits per heavy atom. The lowest BCUT2D eigenvalue weighted by molar-refractivity contribution is 0.157. The van der Waals surface area contributed by atoms with Crippen LogP contribution in [0.25, 0.3) is 0 Å². The Hall–Kier alpha value is -0.950. The third kappa shape index (κ3) is 5.74. The molecule has 0 aliphatic heterocycles. The van der Waals surface area contributed by atoms with E-state index in [1.807, 2.05) is 26.0 Å². The van der Waals surface area contributed by atoms with Gasteiger partial charge < -0.3 is 10.5 Å². The van der Waals surface area contributed by atoms with Crippen molar-refractivity contribution in [3.05, 3.63) is 29.8 Å². The zero-order chi connectivity index (χ0) is 15.9. The van der Waals surface area contributed by atoms with Crippen molar-refractivity contribution in [3.63, 3.8) is 0 Å². The molecule has 1 rings (SSSR count). The number of ether oxygens (including phenoxy) is 1. The number of hydrogen-bond acceptors (Lipinski definition) is 4. The van der Waals surface area contributed by atoms with E-state index in [4.69, 9.17) is 10.5 Å². The van der Waals surface area contributed by atoms with Crippen LogP contribution in [0, 0.1) is 5.92 Å². The third-order valence-corrected chi connectivity index (χ3v) is 4.87. The summed E-state index contributed by atoms with van der Waals surface area (Å²) >= 11 is 0. The monoisotopic (exact) mass is 314 g/mol. The second kappa shape index (κ2) is 8.48. The smallest absolute Gasteiger partial charge is 0.240 e. The molecule has 0 heterocycles. The number of nitrogens with two attached hydrogens (primary N) is 1. The molecule has 3 N–H and O–H groups in total. The Morgan fingerprint density at radius 1 is 1.24 bits per heavy atom. The van der Waals surface area contributed by atoms with E-state index < -0.39 is 10.0 Å². The Morgan fingerprint density at radius 3 is 2.33 bits per heavy atom. The summed E-state index contributed by atoms with van der Waals surface area (Å²) < 4.78 is 32.5. The minimum atomic E-state index is -3.52. The molecule has 0 bridgehead atoms. The summed E-state index contributed by atoms with van der Waals surface area (Å²) in [5.74, 6) is 0.156. The van der Waals surface area contributed by atoms with Gasteiger partial charge in [0, 0.05) is 13.2 Å². The van der Waals surface area contributed by atoms with Gasteiger partial charge in [0.05, 0.1) is 11.5 Å². The molecule has 5 nitrogen and oxygen atoms in total. The van der Waals surface area contributed by atoms with Gasteiger partial charge in [-0.25, -0.2) is 13.1 Å². The third-order valence-electron chi connectivity index (χ3n) is 3.36. The molecule has 21 heavy (non-hydrogen) atoms. The first-order chi connectivity index (χ1) is 9.90. The fraction of sp³-hybridized carbons (Fsp3) is 0.600. The summed E-state index contributed by atoms with van der Waals surface area (Å²) in [5.41, 5.74) is 6.56. The van der Waals surface area contributed by atoms with E-state index in [0.717, 1.165) is 18.4 Å². The maximum atomic E-state index is 12.4. The highest BCUT2D eigenvalue weighted by atomic mass is 32.2. The molecular formula is C15H26N2O3S. The van der Waals surface area contributed by atoms with Crippen molar-refractivity contribution in [2.75, 3.05) is 20.3 Å². The maximum absolute atomic E-state index is 12.4. The predicted molar refractivity (Wildman–Crippen MR) is 84.6 cm³/mol. The van der Waals surface area contributed by atoms with Gasteiger partial charge in [0.2, 0.25) is 10.0 Å². The number of hydrogen-bond donors (Lipinski definition) is 2. The first kappa shape index (κ1) is 18.1. The van der Waals surface area contributed by atoms with Gasteiger partial charge in [0.15, 0.2) is 0 Å². The Bertz CT molecular complexity index is 512. The highest BCUT2D eigenvalue weighted by Gasteiger charge is 2.22. The van der Waals surface area contributed by atoms with Crippen molar-refractivity contribution in [1.29, 1.82) is 0 Å². The summed E-state index contributed by atoms with van der Waals surface area (Å²) in [7, 11) is -1.95. The van der Waals surface area contributed by atoms with Gasteiger partial charge in [-0.1, -0.05) is 26.0 Å². The van der Waals surface area contributed by atoms with E-state index in [1.54, 1.807) is 19.2 Å². The van der Waals surface area contributed by atoms with E-state index in [9.17, 15) is 8.42 Å². The van der Waals surface area contributed by atoms with Crippen LogP contribution >= 0.6 is 0 Å². The van der Waals surface area contributed by atoms with E-state index in [0.29, 0.717) is 13.2 Å². The fourth-order valence-electron chi connectivity index (χ4n) is 1.95. The molecule has 0 aliphatic carbocycles. The molecule has 1 atom stereocenters. The topological polar surface area (TPSA) is 81.4 Å². The number of benzene rings is 1. The van der Waals surface area contributed by atoms with Crippen molar-refractivity contribution in [3.8, 4) is 0 Å². The van der Waals surface area contributed by atoms with Gasteiger partial charge in [-0.2, -0.15) is 0 Å². The summed E-state index contributed by atoms with van der Waals surface area (Å²) in [6, 6.07) is 6.71. The Kier molecular flexibility index (Phi) is 7.31. The second-order valence-electron chi connectivity index (χ2n) is 5.46. The van der Waals surface area contributed by atoms with Crippen molar-refractivity contribution in [2.24, 2.45) is 11.7 Å². The zero-order valence-corrected chi connectivity index (χ0v) is 13.8. The van der Waals surface area contributed by atoms with Crippen LogP contribution in [0.15, 0.2) is 29.2 Å². The molecule has 0 spiro atoms. The van der Waals surface area contributed by atoms with Gasteiger partial charge in [0.1, 0.15) is 0 Å². The lowest BCUT2D eigenvalue weighted by atomic mass is 10.1. The molecule has 1 aromatic carbocycles. The average Bonchev–Trinajstić information content (AvgIpc) is 2.45. The highest BCUT2D eigenvalue weighted by molar-refractivity contribution is 7.89. The molecular weight excluding hydrogens is 288 g/mol. The van der Waals surface area contributed by atoms with Crippen LogP contribution in [0.5, 0.6) is 0 Å². The van der Waals surface area contributed by atoms with Crippen LogP contribution in [0.3, 0.4) is 0 Å². The van der Waals surface area contributed by atoms with Gasteiger partial charge >= 0.3 is 0 Å². The number of aryl methyl sites for hydroxylation is 1. The summed E-state index contributed by atoms with van der Waals surface area (Å²) in [6.45, 7) is 4.91. The lowest BCUT2D eigenvalue weighted by Gasteiger charge is -2.21. The van der Waals surface area contributed by atoms with Crippen LogP contribution in [0.1, 0.15) is 25.8 Å². The summed E-state index contributed by atoms with van der Waals surface area (Å²) in [4.78, 5) is 0.278. The van der Waals surface area contributed by atoms with Crippen LogP contribution < -0.4 is 10.5 Å². The zero-order valence-electron chi connectivity index (χ0n) is 13.0. The number of sulfonamides is 1. The van der Waals surface area contributed by atoms with Crippen LogP contribution in [0.4, 0.5) is 0 Å². The van der Waals surface area contributed by atoms with Gasteiger partial charge in [-0.3, -0.25) is 0 Å². The van der Waals surface area contributed by atoms with Crippen LogP contribution in [-0.2, 0) is 21.2 Å². The molecule has 0 amide bonds. The minimum absolute atomic E-state index is 0.156. The summed E-state index contributed by atoms with van der Waals surface area (Å²) in [6.07, 6.45) is 1.76. The Balaban J connectivity index is 2.81. The highest BCUT2D eigenvalue weighted by Crippen LogP contribution is 2.14. The summed E-state index contributed by atoms with van der Waals surface area (Å²) in [5, 5.41) is 0. The second-order valence-corrected chi connectivity index (χ2v) is 7.18. The largest absolute Gasteiger partial charge is 0.383 e. The van der Waals surface area contributed by atoms with Crippen molar-refractivity contribution >= 4 is 10.0 Å². The maximum Gasteiger partial charge on any atom is 0.240 e. The normalized spacial score (nSPS) is 13.6.